The maximum atomic E-state index is 14.0. The molecule has 0 aliphatic heterocycles. The van der Waals surface area contributed by atoms with Gasteiger partial charge in [-0.25, -0.2) is 28.8 Å². The zero-order valence-electron chi connectivity index (χ0n) is 32.8. The average Bonchev–Trinajstić information content (AvgIpc) is 3.20. The number of nitriles is 1. The molecule has 0 bridgehead atoms. The van der Waals surface area contributed by atoms with E-state index in [9.17, 15) is 34.0 Å². The number of nitrogens with zero attached hydrogens (tertiary/aromatic N) is 4. The van der Waals surface area contributed by atoms with Gasteiger partial charge in [-0.2, -0.15) is 5.26 Å². The molecule has 0 aliphatic carbocycles. The summed E-state index contributed by atoms with van der Waals surface area (Å²) < 4.78 is 14.8. The van der Waals surface area contributed by atoms with Crippen LogP contribution in [0.4, 0.5) is 20.1 Å². The number of ether oxygens (including phenoxy) is 3. The lowest BCUT2D eigenvalue weighted by atomic mass is 9.99. The molecular weight excluding hydrogens is 710 g/mol. The fourth-order valence-corrected chi connectivity index (χ4v) is 5.51. The first-order valence-electron chi connectivity index (χ1n) is 18.2. The summed E-state index contributed by atoms with van der Waals surface area (Å²) in [6.07, 6.45) is 0.701. The second-order valence-corrected chi connectivity index (χ2v) is 13.1. The van der Waals surface area contributed by atoms with Crippen molar-refractivity contribution in [2.24, 2.45) is 11.8 Å². The molecule has 0 saturated heterocycles. The zero-order valence-corrected chi connectivity index (χ0v) is 32.8. The van der Waals surface area contributed by atoms with Crippen LogP contribution in [0.15, 0.2) is 60.7 Å². The number of para-hydroxylation sites is 1. The maximum absolute atomic E-state index is 14.0. The number of hydrogen-bond donors (Lipinski definition) is 3. The molecule has 0 aliphatic rings. The van der Waals surface area contributed by atoms with E-state index >= 15 is 0 Å². The molecule has 4 unspecified atom stereocenters. The summed E-state index contributed by atoms with van der Waals surface area (Å²) in [6.45, 7) is 6.75. The van der Waals surface area contributed by atoms with Crippen molar-refractivity contribution in [1.82, 2.24) is 25.8 Å². The Morgan fingerprint density at radius 2 is 1.15 bits per heavy atom. The molecular formula is C39H55N7O9. The smallest absolute Gasteiger partial charge is 0.328 e. The number of urea groups is 3. The minimum Gasteiger partial charge on any atom is -0.467 e. The van der Waals surface area contributed by atoms with Crippen LogP contribution < -0.4 is 20.9 Å². The van der Waals surface area contributed by atoms with Crippen molar-refractivity contribution in [3.63, 3.8) is 0 Å². The van der Waals surface area contributed by atoms with Crippen LogP contribution in [0.1, 0.15) is 46.1 Å². The number of anilines is 1. The van der Waals surface area contributed by atoms with Crippen molar-refractivity contribution in [2.45, 2.75) is 65.1 Å². The first-order valence-corrected chi connectivity index (χ1v) is 18.2. The van der Waals surface area contributed by atoms with E-state index in [1.165, 1.54) is 36.0 Å². The second kappa shape index (κ2) is 23.7. The zero-order chi connectivity index (χ0) is 40.9. The first kappa shape index (κ1) is 45.3. The third-order valence-electron chi connectivity index (χ3n) is 9.03. The van der Waals surface area contributed by atoms with E-state index in [0.717, 1.165) is 5.56 Å². The van der Waals surface area contributed by atoms with E-state index < -0.39 is 54.1 Å². The number of methoxy groups -OCH3 is 3. The standard InChI is InChI=1S/C39H55N7O9/c1-8-28(4)33(36(49)55-7)43-38(51)44(21-15-20-40)22-23-45(37(50)42-32(27(2)3)35(48)54-6)24-25-46(30-18-13-10-14-19-30)39(52)41-31(34(47)53-5)26-29-16-11-9-12-17-29/h9-14,16-19,27-28,31-33H,8,15,21-26H2,1-7H3,(H,41,52)(H,42,50)(H,43,51). The summed E-state index contributed by atoms with van der Waals surface area (Å²) in [5.41, 5.74) is 1.26. The van der Waals surface area contributed by atoms with Crippen molar-refractivity contribution < 1.29 is 43.0 Å². The summed E-state index contributed by atoms with van der Waals surface area (Å²) in [4.78, 5) is 83.5. The third-order valence-corrected chi connectivity index (χ3v) is 9.03. The summed E-state index contributed by atoms with van der Waals surface area (Å²) in [7, 11) is 3.67. The Balaban J connectivity index is 2.45. The molecule has 4 atom stereocenters. The quantitative estimate of drug-likeness (QED) is 0.132. The Kier molecular flexibility index (Phi) is 19.6. The first-order chi connectivity index (χ1) is 26.3. The highest BCUT2D eigenvalue weighted by atomic mass is 16.5. The van der Waals surface area contributed by atoms with Gasteiger partial charge in [-0.3, -0.25) is 4.90 Å². The molecule has 2 rings (SSSR count). The average molecular weight is 766 g/mol. The third kappa shape index (κ3) is 14.5. The lowest BCUT2D eigenvalue weighted by Gasteiger charge is -2.33. The highest BCUT2D eigenvalue weighted by molar-refractivity contribution is 5.95. The number of carbonyl (C=O) groups excluding carboxylic acids is 6. The normalized spacial score (nSPS) is 12.8. The minimum atomic E-state index is -1.03. The van der Waals surface area contributed by atoms with Crippen molar-refractivity contribution in [1.29, 1.82) is 5.26 Å². The Morgan fingerprint density at radius 1 is 0.655 bits per heavy atom. The summed E-state index contributed by atoms with van der Waals surface area (Å²) >= 11 is 0. The van der Waals surface area contributed by atoms with Crippen LogP contribution in [-0.4, -0.2) is 118 Å². The molecule has 300 valence electrons. The molecule has 0 fully saturated rings. The van der Waals surface area contributed by atoms with E-state index in [0.29, 0.717) is 12.1 Å². The fraction of sp³-hybridized carbons (Fsp3) is 0.513. The number of carbonyl (C=O) groups is 6. The Morgan fingerprint density at radius 3 is 1.65 bits per heavy atom. The summed E-state index contributed by atoms with van der Waals surface area (Å²) in [5, 5.41) is 17.6. The van der Waals surface area contributed by atoms with Crippen LogP contribution in [0, 0.1) is 23.2 Å². The van der Waals surface area contributed by atoms with Crippen LogP contribution in [0.5, 0.6) is 0 Å². The molecule has 0 heterocycles. The number of hydrogen-bond acceptors (Lipinski definition) is 10. The van der Waals surface area contributed by atoms with Gasteiger partial charge in [-0.1, -0.05) is 82.6 Å². The molecule has 0 aromatic heterocycles. The van der Waals surface area contributed by atoms with Crippen molar-refractivity contribution in [3.8, 4) is 6.07 Å². The molecule has 3 N–H and O–H groups in total. The molecule has 2 aromatic rings. The van der Waals surface area contributed by atoms with Gasteiger partial charge < -0.3 is 40.0 Å². The summed E-state index contributed by atoms with van der Waals surface area (Å²) in [5.74, 6) is -2.53. The predicted molar refractivity (Wildman–Crippen MR) is 205 cm³/mol. The van der Waals surface area contributed by atoms with Crippen LogP contribution >= 0.6 is 0 Å². The second-order valence-electron chi connectivity index (χ2n) is 13.1. The van der Waals surface area contributed by atoms with E-state index in [4.69, 9.17) is 14.2 Å². The Bertz CT molecular complexity index is 1590. The molecule has 0 saturated carbocycles. The minimum absolute atomic E-state index is 0.0160. The fourth-order valence-electron chi connectivity index (χ4n) is 5.51. The van der Waals surface area contributed by atoms with Gasteiger partial charge in [0.25, 0.3) is 0 Å². The van der Waals surface area contributed by atoms with Gasteiger partial charge in [-0.05, 0) is 29.5 Å². The lowest BCUT2D eigenvalue weighted by Crippen LogP contribution is -2.56. The van der Waals surface area contributed by atoms with Crippen LogP contribution in [0.2, 0.25) is 0 Å². The number of rotatable bonds is 20. The SMILES string of the molecule is CCC(C)C(NC(=O)N(CCC#N)CCN(CCN(C(=O)NC(Cc1ccccc1)C(=O)OC)c1ccccc1)C(=O)NC(C(=O)OC)C(C)C)C(=O)OC. The van der Waals surface area contributed by atoms with Crippen LogP contribution in [0.25, 0.3) is 0 Å². The van der Waals surface area contributed by atoms with Gasteiger partial charge in [0.15, 0.2) is 0 Å². The molecule has 6 amide bonds. The van der Waals surface area contributed by atoms with Crippen LogP contribution in [0.3, 0.4) is 0 Å². The lowest BCUT2D eigenvalue weighted by molar-refractivity contribution is -0.145. The number of esters is 3. The van der Waals surface area contributed by atoms with E-state index in [1.54, 1.807) is 51.1 Å². The van der Waals surface area contributed by atoms with Gasteiger partial charge in [0.1, 0.15) is 18.1 Å². The van der Waals surface area contributed by atoms with Crippen molar-refractivity contribution in [3.05, 3.63) is 66.2 Å². The molecule has 16 heteroatoms. The van der Waals surface area contributed by atoms with Gasteiger partial charge in [0, 0.05) is 44.8 Å². The number of amides is 6. The van der Waals surface area contributed by atoms with E-state index in [-0.39, 0.29) is 57.4 Å². The van der Waals surface area contributed by atoms with Gasteiger partial charge in [0.2, 0.25) is 0 Å². The van der Waals surface area contributed by atoms with Crippen LogP contribution in [-0.2, 0) is 35.0 Å². The molecule has 55 heavy (non-hydrogen) atoms. The molecule has 16 nitrogen and oxygen atoms in total. The van der Waals surface area contributed by atoms with E-state index in [1.807, 2.05) is 43.3 Å². The maximum Gasteiger partial charge on any atom is 0.328 e. The van der Waals surface area contributed by atoms with E-state index in [2.05, 4.69) is 16.0 Å². The number of nitrogens with one attached hydrogen (secondary N) is 3. The largest absolute Gasteiger partial charge is 0.467 e. The van der Waals surface area contributed by atoms with Crippen molar-refractivity contribution >= 4 is 41.7 Å². The number of benzene rings is 2. The molecule has 0 spiro atoms. The molecule has 0 radical (unpaired) electrons. The molecule has 2 aromatic carbocycles. The van der Waals surface area contributed by atoms with Gasteiger partial charge >= 0.3 is 36.0 Å². The highest BCUT2D eigenvalue weighted by Crippen LogP contribution is 2.16. The van der Waals surface area contributed by atoms with Gasteiger partial charge in [-0.15, -0.1) is 0 Å². The highest BCUT2D eigenvalue weighted by Gasteiger charge is 2.32. The van der Waals surface area contributed by atoms with Crippen molar-refractivity contribution in [2.75, 3.05) is 59.0 Å². The van der Waals surface area contributed by atoms with Gasteiger partial charge in [0.05, 0.1) is 33.8 Å². The Hall–Kier alpha value is -5.85. The topological polar surface area (TPSA) is 200 Å². The monoisotopic (exact) mass is 765 g/mol. The predicted octanol–water partition coefficient (Wildman–Crippen LogP) is 3.71. The Labute approximate surface area is 323 Å². The summed E-state index contributed by atoms with van der Waals surface area (Å²) in [6, 6.07) is 14.8.